The Bertz CT molecular complexity index is 684. The van der Waals surface area contributed by atoms with Crippen molar-refractivity contribution in [1.29, 1.82) is 0 Å². The normalized spacial score (nSPS) is 29.4. The van der Waals surface area contributed by atoms with Crippen LogP contribution in [0.4, 0.5) is 0 Å². The lowest BCUT2D eigenvalue weighted by Gasteiger charge is -2.59. The van der Waals surface area contributed by atoms with Crippen LogP contribution >= 0.6 is 0 Å². The molecule has 134 valence electrons. The molecular formula is C19H25N3O3. The standard InChI is InChI=1S/C19H25N3O3/c1-13(2)20-11-19(12-20)18(25)21(9-14-6-4-3-5-7-14)17(24)16-8-15(23)10-22(16)19/h3-7,13,15-16,23H,8-12H2,1-2H3/t15-,16+/m1/s1. The van der Waals surface area contributed by atoms with E-state index in [-0.39, 0.29) is 17.9 Å². The molecule has 1 spiro atoms. The van der Waals surface area contributed by atoms with Crippen LogP contribution < -0.4 is 0 Å². The number of aliphatic hydroxyl groups excluding tert-OH is 1. The fraction of sp³-hybridized carbons (Fsp3) is 0.579. The van der Waals surface area contributed by atoms with E-state index in [9.17, 15) is 14.7 Å². The third-order valence-electron chi connectivity index (χ3n) is 5.87. The van der Waals surface area contributed by atoms with E-state index in [0.29, 0.717) is 38.6 Å². The molecule has 2 amide bonds. The van der Waals surface area contributed by atoms with E-state index in [1.807, 2.05) is 35.2 Å². The van der Waals surface area contributed by atoms with Gasteiger partial charge in [0.15, 0.2) is 0 Å². The molecule has 3 fully saturated rings. The summed E-state index contributed by atoms with van der Waals surface area (Å²) >= 11 is 0. The van der Waals surface area contributed by atoms with Gasteiger partial charge in [0.2, 0.25) is 5.91 Å². The van der Waals surface area contributed by atoms with Gasteiger partial charge in [-0.1, -0.05) is 30.3 Å². The summed E-state index contributed by atoms with van der Waals surface area (Å²) < 4.78 is 0. The summed E-state index contributed by atoms with van der Waals surface area (Å²) in [5.74, 6) is -0.275. The van der Waals surface area contributed by atoms with Gasteiger partial charge in [0.25, 0.3) is 5.91 Å². The topological polar surface area (TPSA) is 64.1 Å². The molecule has 6 heteroatoms. The molecule has 6 nitrogen and oxygen atoms in total. The minimum absolute atomic E-state index is 0.108. The highest BCUT2D eigenvalue weighted by Crippen LogP contribution is 2.41. The van der Waals surface area contributed by atoms with E-state index in [1.165, 1.54) is 4.90 Å². The van der Waals surface area contributed by atoms with Crippen LogP contribution in [0.15, 0.2) is 30.3 Å². The van der Waals surface area contributed by atoms with Crippen molar-refractivity contribution in [2.75, 3.05) is 19.6 Å². The molecule has 0 bridgehead atoms. The second kappa shape index (κ2) is 5.90. The second-order valence-corrected chi connectivity index (χ2v) is 7.80. The Morgan fingerprint density at radius 2 is 1.88 bits per heavy atom. The first-order valence-electron chi connectivity index (χ1n) is 9.01. The lowest BCUT2D eigenvalue weighted by atomic mass is 9.81. The SMILES string of the molecule is CC(C)N1CC2(C1)C(=O)N(Cc1ccccc1)C(=O)[C@@H]1C[C@@H](O)CN12. The maximum atomic E-state index is 13.3. The Labute approximate surface area is 148 Å². The van der Waals surface area contributed by atoms with Crippen molar-refractivity contribution in [3.8, 4) is 0 Å². The molecule has 1 N–H and O–H groups in total. The summed E-state index contributed by atoms with van der Waals surface area (Å²) in [6, 6.07) is 9.61. The van der Waals surface area contributed by atoms with Crippen LogP contribution in [0, 0.1) is 0 Å². The third kappa shape index (κ3) is 2.51. The highest BCUT2D eigenvalue weighted by atomic mass is 16.3. The Kier molecular flexibility index (Phi) is 3.94. The Morgan fingerprint density at radius 3 is 2.52 bits per heavy atom. The Morgan fingerprint density at radius 1 is 1.20 bits per heavy atom. The number of hydrogen-bond donors (Lipinski definition) is 1. The number of rotatable bonds is 3. The molecule has 2 atom stereocenters. The van der Waals surface area contributed by atoms with Crippen molar-refractivity contribution in [1.82, 2.24) is 14.7 Å². The van der Waals surface area contributed by atoms with Crippen LogP contribution in [0.25, 0.3) is 0 Å². The van der Waals surface area contributed by atoms with E-state index < -0.39 is 11.6 Å². The first kappa shape index (κ1) is 16.7. The Balaban J connectivity index is 1.65. The monoisotopic (exact) mass is 343 g/mol. The summed E-state index contributed by atoms with van der Waals surface area (Å²) in [7, 11) is 0. The number of hydrogen-bond acceptors (Lipinski definition) is 5. The van der Waals surface area contributed by atoms with Crippen LogP contribution in [-0.4, -0.2) is 75.0 Å². The minimum atomic E-state index is -0.658. The zero-order chi connectivity index (χ0) is 17.8. The number of amides is 2. The van der Waals surface area contributed by atoms with E-state index in [4.69, 9.17) is 0 Å². The molecule has 3 heterocycles. The zero-order valence-electron chi connectivity index (χ0n) is 14.8. The van der Waals surface area contributed by atoms with Gasteiger partial charge in [-0.3, -0.25) is 24.3 Å². The second-order valence-electron chi connectivity index (χ2n) is 7.80. The maximum absolute atomic E-state index is 13.3. The van der Waals surface area contributed by atoms with Gasteiger partial charge < -0.3 is 5.11 Å². The molecule has 0 unspecified atom stereocenters. The number of piperazine rings is 1. The van der Waals surface area contributed by atoms with Gasteiger partial charge in [0.05, 0.1) is 18.7 Å². The number of imide groups is 1. The number of likely N-dealkylation sites (tertiary alicyclic amines) is 1. The smallest absolute Gasteiger partial charge is 0.252 e. The average molecular weight is 343 g/mol. The van der Waals surface area contributed by atoms with Gasteiger partial charge in [0, 0.05) is 25.7 Å². The first-order valence-corrected chi connectivity index (χ1v) is 9.01. The van der Waals surface area contributed by atoms with E-state index in [0.717, 1.165) is 5.56 Å². The van der Waals surface area contributed by atoms with E-state index in [2.05, 4.69) is 18.7 Å². The van der Waals surface area contributed by atoms with E-state index >= 15 is 0 Å². The van der Waals surface area contributed by atoms with Gasteiger partial charge in [-0.25, -0.2) is 0 Å². The quantitative estimate of drug-likeness (QED) is 0.808. The number of carbonyl (C=O) groups excluding carboxylic acids is 2. The molecule has 3 aliphatic heterocycles. The molecule has 0 aliphatic carbocycles. The summed E-state index contributed by atoms with van der Waals surface area (Å²) in [4.78, 5) is 31.9. The van der Waals surface area contributed by atoms with Crippen molar-refractivity contribution in [3.05, 3.63) is 35.9 Å². The van der Waals surface area contributed by atoms with Crippen LogP contribution in [0.2, 0.25) is 0 Å². The van der Waals surface area contributed by atoms with E-state index in [1.54, 1.807) is 0 Å². The van der Waals surface area contributed by atoms with Crippen molar-refractivity contribution < 1.29 is 14.7 Å². The van der Waals surface area contributed by atoms with Gasteiger partial charge in [-0.15, -0.1) is 0 Å². The predicted molar refractivity (Wildman–Crippen MR) is 92.6 cm³/mol. The largest absolute Gasteiger partial charge is 0.392 e. The number of aliphatic hydroxyl groups is 1. The molecule has 0 saturated carbocycles. The van der Waals surface area contributed by atoms with Gasteiger partial charge in [-0.2, -0.15) is 0 Å². The van der Waals surface area contributed by atoms with Crippen LogP contribution in [0.5, 0.6) is 0 Å². The molecule has 0 aromatic heterocycles. The lowest BCUT2D eigenvalue weighted by molar-refractivity contribution is -0.182. The number of fused-ring (bicyclic) bond motifs is 2. The first-order chi connectivity index (χ1) is 11.9. The number of nitrogens with zero attached hydrogens (tertiary/aromatic N) is 3. The van der Waals surface area contributed by atoms with Crippen LogP contribution in [-0.2, 0) is 16.1 Å². The van der Waals surface area contributed by atoms with Crippen LogP contribution in [0.1, 0.15) is 25.8 Å². The molecule has 4 rings (SSSR count). The third-order valence-corrected chi connectivity index (χ3v) is 5.87. The zero-order valence-corrected chi connectivity index (χ0v) is 14.8. The van der Waals surface area contributed by atoms with Crippen molar-refractivity contribution in [2.45, 2.75) is 50.5 Å². The highest BCUT2D eigenvalue weighted by molar-refractivity contribution is 6.06. The fourth-order valence-electron chi connectivity index (χ4n) is 4.40. The molecule has 1 aromatic carbocycles. The van der Waals surface area contributed by atoms with Gasteiger partial charge in [-0.05, 0) is 25.8 Å². The molecule has 1 aromatic rings. The predicted octanol–water partition coefficient (Wildman–Crippen LogP) is 0.453. The van der Waals surface area contributed by atoms with Crippen molar-refractivity contribution >= 4 is 11.8 Å². The molecule has 3 aliphatic rings. The summed E-state index contributed by atoms with van der Waals surface area (Å²) in [6.45, 7) is 6.21. The van der Waals surface area contributed by atoms with Crippen molar-refractivity contribution in [3.63, 3.8) is 0 Å². The summed E-state index contributed by atoms with van der Waals surface area (Å²) in [6.07, 6.45) is -0.121. The lowest BCUT2D eigenvalue weighted by Crippen LogP contribution is -2.82. The minimum Gasteiger partial charge on any atom is -0.392 e. The molecule has 25 heavy (non-hydrogen) atoms. The van der Waals surface area contributed by atoms with Gasteiger partial charge in [0.1, 0.15) is 5.54 Å². The van der Waals surface area contributed by atoms with Crippen molar-refractivity contribution in [2.24, 2.45) is 0 Å². The molecule has 0 radical (unpaired) electrons. The number of β-amino-alcohol motifs (C(OH)–C–C–N with tert-alkyl or cyclic N) is 1. The number of carbonyl (C=O) groups is 2. The highest BCUT2D eigenvalue weighted by Gasteiger charge is 2.64. The van der Waals surface area contributed by atoms with Crippen LogP contribution in [0.3, 0.4) is 0 Å². The number of benzene rings is 1. The Hall–Kier alpha value is -1.76. The van der Waals surface area contributed by atoms with Gasteiger partial charge >= 0.3 is 0 Å². The maximum Gasteiger partial charge on any atom is 0.252 e. The summed E-state index contributed by atoms with van der Waals surface area (Å²) in [5.41, 5.74) is 0.293. The molecule has 3 saturated heterocycles. The fourth-order valence-corrected chi connectivity index (χ4v) is 4.40. The average Bonchev–Trinajstić information content (AvgIpc) is 2.93. The molecular weight excluding hydrogens is 318 g/mol. The summed E-state index contributed by atoms with van der Waals surface area (Å²) in [5, 5.41) is 10.1.